The van der Waals surface area contributed by atoms with Crippen LogP contribution < -0.4 is 4.90 Å². The van der Waals surface area contributed by atoms with Gasteiger partial charge >= 0.3 is 0 Å². The van der Waals surface area contributed by atoms with E-state index in [9.17, 15) is 0 Å². The topological polar surface area (TPSA) is 16.1 Å². The Balaban J connectivity index is 2.19. The zero-order valence-electron chi connectivity index (χ0n) is 10.1. The summed E-state index contributed by atoms with van der Waals surface area (Å²) in [4.78, 5) is 7.07. The van der Waals surface area contributed by atoms with Gasteiger partial charge < -0.3 is 4.90 Å². The summed E-state index contributed by atoms with van der Waals surface area (Å²) in [6, 6.07) is 4.24. The summed E-state index contributed by atoms with van der Waals surface area (Å²) in [6.07, 6.45) is 7.18. The number of rotatable bonds is 2. The minimum atomic E-state index is 1.08. The van der Waals surface area contributed by atoms with Crippen LogP contribution in [0.15, 0.2) is 18.7 Å². The van der Waals surface area contributed by atoms with E-state index in [1.54, 1.807) is 0 Å². The third kappa shape index (κ3) is 2.43. The molecule has 2 heteroatoms. The standard InChI is InChI=1S/C14H20N2/c1-3-13-8-9-14(15-12(13)2)16-10-6-4-5-7-11-16/h3,8-9H,1,4-7,10-11H2,2H3. The van der Waals surface area contributed by atoms with Crippen molar-refractivity contribution in [2.75, 3.05) is 18.0 Å². The second kappa shape index (κ2) is 5.15. The van der Waals surface area contributed by atoms with Gasteiger partial charge in [-0.3, -0.25) is 0 Å². The Hall–Kier alpha value is -1.31. The van der Waals surface area contributed by atoms with Gasteiger partial charge in [-0.25, -0.2) is 4.98 Å². The SMILES string of the molecule is C=Cc1ccc(N2CCCCCC2)nc1C. The monoisotopic (exact) mass is 216 g/mol. The molecule has 2 nitrogen and oxygen atoms in total. The van der Waals surface area contributed by atoms with Crippen molar-refractivity contribution >= 4 is 11.9 Å². The predicted molar refractivity (Wildman–Crippen MR) is 69.7 cm³/mol. The fraction of sp³-hybridized carbons (Fsp3) is 0.500. The first-order chi connectivity index (χ1) is 7.81. The first-order valence-electron chi connectivity index (χ1n) is 6.16. The molecule has 1 aromatic rings. The van der Waals surface area contributed by atoms with Crippen LogP contribution in [0, 0.1) is 6.92 Å². The van der Waals surface area contributed by atoms with Crippen molar-refractivity contribution in [1.29, 1.82) is 0 Å². The highest BCUT2D eigenvalue weighted by molar-refractivity contribution is 5.53. The van der Waals surface area contributed by atoms with Crippen LogP contribution in [0.2, 0.25) is 0 Å². The molecule has 1 fully saturated rings. The molecular formula is C14H20N2. The average Bonchev–Trinajstić information content (AvgIpc) is 2.57. The summed E-state index contributed by atoms with van der Waals surface area (Å²) in [7, 11) is 0. The summed E-state index contributed by atoms with van der Waals surface area (Å²) >= 11 is 0. The molecular weight excluding hydrogens is 196 g/mol. The molecule has 1 saturated heterocycles. The molecule has 1 aromatic heterocycles. The first-order valence-corrected chi connectivity index (χ1v) is 6.16. The lowest BCUT2D eigenvalue weighted by Crippen LogP contribution is -2.25. The Morgan fingerprint density at radius 2 is 1.88 bits per heavy atom. The summed E-state index contributed by atoms with van der Waals surface area (Å²) < 4.78 is 0. The normalized spacial score (nSPS) is 16.9. The minimum absolute atomic E-state index is 1.08. The summed E-state index contributed by atoms with van der Waals surface area (Å²) in [5.41, 5.74) is 2.22. The molecule has 0 bridgehead atoms. The lowest BCUT2D eigenvalue weighted by Gasteiger charge is -2.22. The molecule has 16 heavy (non-hydrogen) atoms. The zero-order valence-corrected chi connectivity index (χ0v) is 10.1. The van der Waals surface area contributed by atoms with Gasteiger partial charge in [0.1, 0.15) is 5.82 Å². The molecule has 1 aliphatic rings. The van der Waals surface area contributed by atoms with Gasteiger partial charge in [0.2, 0.25) is 0 Å². The van der Waals surface area contributed by atoms with E-state index in [-0.39, 0.29) is 0 Å². The van der Waals surface area contributed by atoms with Crippen molar-refractivity contribution in [1.82, 2.24) is 4.98 Å². The van der Waals surface area contributed by atoms with Crippen molar-refractivity contribution in [3.63, 3.8) is 0 Å². The quantitative estimate of drug-likeness (QED) is 0.753. The Morgan fingerprint density at radius 3 is 2.44 bits per heavy atom. The van der Waals surface area contributed by atoms with Gasteiger partial charge in [0, 0.05) is 18.8 Å². The van der Waals surface area contributed by atoms with E-state index in [4.69, 9.17) is 0 Å². The van der Waals surface area contributed by atoms with E-state index in [0.717, 1.165) is 30.2 Å². The third-order valence-electron chi connectivity index (χ3n) is 3.26. The van der Waals surface area contributed by atoms with Crippen LogP contribution in [0.1, 0.15) is 36.9 Å². The Bertz CT molecular complexity index is 363. The maximum Gasteiger partial charge on any atom is 0.128 e. The average molecular weight is 216 g/mol. The van der Waals surface area contributed by atoms with Crippen molar-refractivity contribution < 1.29 is 0 Å². The molecule has 0 spiro atoms. The van der Waals surface area contributed by atoms with Crippen molar-refractivity contribution in [3.05, 3.63) is 30.0 Å². The van der Waals surface area contributed by atoms with Crippen LogP contribution in [-0.2, 0) is 0 Å². The lowest BCUT2D eigenvalue weighted by atomic mass is 10.2. The van der Waals surface area contributed by atoms with Gasteiger partial charge in [-0.1, -0.05) is 25.5 Å². The molecule has 0 aromatic carbocycles. The fourth-order valence-corrected chi connectivity index (χ4v) is 2.25. The number of pyridine rings is 1. The van der Waals surface area contributed by atoms with Gasteiger partial charge in [-0.2, -0.15) is 0 Å². The smallest absolute Gasteiger partial charge is 0.128 e. The molecule has 86 valence electrons. The summed E-state index contributed by atoms with van der Waals surface area (Å²) in [5.74, 6) is 1.13. The number of hydrogen-bond donors (Lipinski definition) is 0. The number of hydrogen-bond acceptors (Lipinski definition) is 2. The second-order valence-electron chi connectivity index (χ2n) is 4.45. The van der Waals surface area contributed by atoms with Gasteiger partial charge in [-0.05, 0) is 37.5 Å². The molecule has 2 heterocycles. The van der Waals surface area contributed by atoms with E-state index in [2.05, 4.69) is 35.5 Å². The van der Waals surface area contributed by atoms with E-state index < -0.39 is 0 Å². The highest BCUT2D eigenvalue weighted by Crippen LogP contribution is 2.19. The summed E-state index contributed by atoms with van der Waals surface area (Å²) in [6.45, 7) is 8.15. The molecule has 0 saturated carbocycles. The fourth-order valence-electron chi connectivity index (χ4n) is 2.25. The van der Waals surface area contributed by atoms with Crippen molar-refractivity contribution in [3.8, 4) is 0 Å². The Morgan fingerprint density at radius 1 is 1.19 bits per heavy atom. The van der Waals surface area contributed by atoms with Crippen LogP contribution in [0.3, 0.4) is 0 Å². The maximum absolute atomic E-state index is 4.66. The van der Waals surface area contributed by atoms with E-state index >= 15 is 0 Å². The van der Waals surface area contributed by atoms with Crippen LogP contribution in [0.25, 0.3) is 6.08 Å². The minimum Gasteiger partial charge on any atom is -0.357 e. The van der Waals surface area contributed by atoms with Crippen LogP contribution in [0.5, 0.6) is 0 Å². The molecule has 1 aliphatic heterocycles. The van der Waals surface area contributed by atoms with Gasteiger partial charge in [0.05, 0.1) is 0 Å². The predicted octanol–water partition coefficient (Wildman–Crippen LogP) is 3.41. The molecule has 0 aliphatic carbocycles. The van der Waals surface area contributed by atoms with E-state index in [0.29, 0.717) is 0 Å². The van der Waals surface area contributed by atoms with Crippen LogP contribution in [-0.4, -0.2) is 18.1 Å². The number of anilines is 1. The Labute approximate surface area is 98.0 Å². The Kier molecular flexibility index (Phi) is 3.60. The highest BCUT2D eigenvalue weighted by atomic mass is 15.2. The van der Waals surface area contributed by atoms with Gasteiger partial charge in [0.15, 0.2) is 0 Å². The van der Waals surface area contributed by atoms with Crippen molar-refractivity contribution in [2.45, 2.75) is 32.6 Å². The molecule has 0 unspecified atom stereocenters. The molecule has 0 radical (unpaired) electrons. The van der Waals surface area contributed by atoms with E-state index in [1.165, 1.54) is 25.7 Å². The second-order valence-corrected chi connectivity index (χ2v) is 4.45. The highest BCUT2D eigenvalue weighted by Gasteiger charge is 2.11. The number of nitrogens with zero attached hydrogens (tertiary/aromatic N) is 2. The first kappa shape index (κ1) is 11.2. The third-order valence-corrected chi connectivity index (χ3v) is 3.26. The number of aromatic nitrogens is 1. The zero-order chi connectivity index (χ0) is 11.4. The molecule has 2 rings (SSSR count). The molecule has 0 N–H and O–H groups in total. The van der Waals surface area contributed by atoms with Crippen LogP contribution in [0.4, 0.5) is 5.82 Å². The van der Waals surface area contributed by atoms with Gasteiger partial charge in [0.25, 0.3) is 0 Å². The largest absolute Gasteiger partial charge is 0.357 e. The van der Waals surface area contributed by atoms with Crippen molar-refractivity contribution in [2.24, 2.45) is 0 Å². The van der Waals surface area contributed by atoms with Crippen LogP contribution >= 0.6 is 0 Å². The molecule has 0 atom stereocenters. The maximum atomic E-state index is 4.66. The lowest BCUT2D eigenvalue weighted by molar-refractivity contribution is 0.726. The molecule has 0 amide bonds. The van der Waals surface area contributed by atoms with Gasteiger partial charge in [-0.15, -0.1) is 0 Å². The number of aryl methyl sites for hydroxylation is 1. The summed E-state index contributed by atoms with van der Waals surface area (Å²) in [5, 5.41) is 0. The van der Waals surface area contributed by atoms with E-state index in [1.807, 2.05) is 6.08 Å².